The molecule has 1 unspecified atom stereocenters. The van der Waals surface area contributed by atoms with Crippen LogP contribution < -0.4 is 0 Å². The molecule has 1 N–H and O–H groups in total. The number of rotatable bonds is 5. The van der Waals surface area contributed by atoms with E-state index in [4.69, 9.17) is 9.84 Å². The zero-order chi connectivity index (χ0) is 15.2. The molecule has 21 heavy (non-hydrogen) atoms. The number of carboxylic acids is 1. The fraction of sp³-hybridized carbons (Fsp3) is 0.571. The van der Waals surface area contributed by atoms with Crippen LogP contribution in [-0.4, -0.2) is 66.3 Å². The van der Waals surface area contributed by atoms with E-state index in [0.29, 0.717) is 26.2 Å². The van der Waals surface area contributed by atoms with Crippen molar-refractivity contribution in [3.63, 3.8) is 0 Å². The zero-order valence-corrected chi connectivity index (χ0v) is 12.8. The Bertz CT molecular complexity index is 477. The average molecular weight is 312 g/mol. The summed E-state index contributed by atoms with van der Waals surface area (Å²) in [5.41, 5.74) is 0. The molecule has 0 spiro atoms. The number of carboxylic acid groups (broad SMARTS) is 1. The van der Waals surface area contributed by atoms with Gasteiger partial charge in [-0.25, -0.2) is 4.79 Å². The molecule has 0 aliphatic carbocycles. The highest BCUT2D eigenvalue weighted by Gasteiger charge is 2.27. The predicted molar refractivity (Wildman–Crippen MR) is 79.6 cm³/mol. The Morgan fingerprint density at radius 2 is 2.38 bits per heavy atom. The molecule has 0 bridgehead atoms. The van der Waals surface area contributed by atoms with Crippen LogP contribution in [-0.2, 0) is 16.0 Å². The van der Waals surface area contributed by atoms with Gasteiger partial charge in [0.15, 0.2) is 0 Å². The second-order valence-electron chi connectivity index (χ2n) is 5.07. The highest BCUT2D eigenvalue weighted by atomic mass is 32.1. The number of urea groups is 1. The van der Waals surface area contributed by atoms with Crippen molar-refractivity contribution < 1.29 is 19.4 Å². The van der Waals surface area contributed by atoms with E-state index in [1.54, 1.807) is 28.2 Å². The molecule has 0 radical (unpaired) electrons. The number of morpholine rings is 1. The van der Waals surface area contributed by atoms with Crippen LogP contribution >= 0.6 is 11.3 Å². The molecule has 1 fully saturated rings. The van der Waals surface area contributed by atoms with Gasteiger partial charge >= 0.3 is 12.0 Å². The van der Waals surface area contributed by atoms with Crippen LogP contribution in [0, 0.1) is 0 Å². The third kappa shape index (κ3) is 4.71. The van der Waals surface area contributed by atoms with Crippen molar-refractivity contribution in [1.82, 2.24) is 9.80 Å². The SMILES string of the molecule is CN(CCc1cccs1)C(=O)N1CCOC(CC(=O)O)C1. The Kier molecular flexibility index (Phi) is 5.58. The molecule has 1 aliphatic rings. The maximum absolute atomic E-state index is 12.3. The topological polar surface area (TPSA) is 70.1 Å². The summed E-state index contributed by atoms with van der Waals surface area (Å²) in [5.74, 6) is -0.902. The quantitative estimate of drug-likeness (QED) is 0.895. The van der Waals surface area contributed by atoms with E-state index in [0.717, 1.165) is 6.42 Å². The van der Waals surface area contributed by atoms with Gasteiger partial charge in [-0.2, -0.15) is 0 Å². The van der Waals surface area contributed by atoms with E-state index < -0.39 is 12.1 Å². The summed E-state index contributed by atoms with van der Waals surface area (Å²) < 4.78 is 5.38. The predicted octanol–water partition coefficient (Wildman–Crippen LogP) is 1.52. The lowest BCUT2D eigenvalue weighted by Gasteiger charge is -2.34. The maximum Gasteiger partial charge on any atom is 0.319 e. The van der Waals surface area contributed by atoms with Crippen LogP contribution in [0.1, 0.15) is 11.3 Å². The molecule has 1 aliphatic heterocycles. The summed E-state index contributed by atoms with van der Waals surface area (Å²) >= 11 is 1.68. The Morgan fingerprint density at radius 3 is 3.05 bits per heavy atom. The first-order valence-electron chi connectivity index (χ1n) is 6.92. The van der Waals surface area contributed by atoms with Crippen LogP contribution in [0.15, 0.2) is 17.5 Å². The minimum Gasteiger partial charge on any atom is -0.481 e. The van der Waals surface area contributed by atoms with Gasteiger partial charge in [0.05, 0.1) is 19.1 Å². The van der Waals surface area contributed by atoms with Crippen molar-refractivity contribution in [2.45, 2.75) is 18.9 Å². The van der Waals surface area contributed by atoms with Crippen molar-refractivity contribution in [2.75, 3.05) is 33.3 Å². The van der Waals surface area contributed by atoms with Crippen molar-refractivity contribution >= 4 is 23.3 Å². The van der Waals surface area contributed by atoms with E-state index in [-0.39, 0.29) is 12.5 Å². The summed E-state index contributed by atoms with van der Waals surface area (Å²) in [6, 6.07) is 3.99. The molecular formula is C14H20N2O4S. The van der Waals surface area contributed by atoms with Gasteiger partial charge in [-0.1, -0.05) is 6.07 Å². The number of aliphatic carboxylic acids is 1. The summed E-state index contributed by atoms with van der Waals surface area (Å²) in [6.45, 7) is 1.90. The molecule has 6 nitrogen and oxygen atoms in total. The number of amides is 2. The largest absolute Gasteiger partial charge is 0.481 e. The van der Waals surface area contributed by atoms with Gasteiger partial charge in [0.2, 0.25) is 0 Å². The summed E-state index contributed by atoms with van der Waals surface area (Å²) in [6.07, 6.45) is 0.358. The lowest BCUT2D eigenvalue weighted by Crippen LogP contribution is -2.50. The first-order chi connectivity index (χ1) is 10.1. The molecule has 1 aromatic rings. The van der Waals surface area contributed by atoms with E-state index in [2.05, 4.69) is 6.07 Å². The molecule has 1 saturated heterocycles. The maximum atomic E-state index is 12.3. The standard InChI is InChI=1S/C14H20N2O4S/c1-15(5-4-12-3-2-8-21-12)14(19)16-6-7-20-11(10-16)9-13(17)18/h2-3,8,11H,4-7,9-10H2,1H3,(H,17,18). The van der Waals surface area contributed by atoms with E-state index in [1.165, 1.54) is 4.88 Å². The number of likely N-dealkylation sites (N-methyl/N-ethyl adjacent to an activating group) is 1. The van der Waals surface area contributed by atoms with Gasteiger partial charge < -0.3 is 19.6 Å². The molecule has 2 rings (SSSR count). The lowest BCUT2D eigenvalue weighted by atomic mass is 10.2. The second-order valence-corrected chi connectivity index (χ2v) is 6.10. The molecule has 1 aromatic heterocycles. The minimum atomic E-state index is -0.902. The van der Waals surface area contributed by atoms with Crippen LogP contribution in [0.5, 0.6) is 0 Å². The van der Waals surface area contributed by atoms with Crippen LogP contribution in [0.3, 0.4) is 0 Å². The lowest BCUT2D eigenvalue weighted by molar-refractivity contribution is -0.141. The number of carbonyl (C=O) groups excluding carboxylic acids is 1. The smallest absolute Gasteiger partial charge is 0.319 e. The molecule has 116 valence electrons. The Hall–Kier alpha value is -1.60. The van der Waals surface area contributed by atoms with Gasteiger partial charge in [-0.3, -0.25) is 4.79 Å². The molecule has 2 heterocycles. The zero-order valence-electron chi connectivity index (χ0n) is 12.0. The van der Waals surface area contributed by atoms with Crippen molar-refractivity contribution in [1.29, 1.82) is 0 Å². The summed E-state index contributed by atoms with van der Waals surface area (Å²) in [7, 11) is 1.78. The third-order valence-electron chi connectivity index (χ3n) is 3.41. The highest BCUT2D eigenvalue weighted by Crippen LogP contribution is 2.13. The third-order valence-corrected chi connectivity index (χ3v) is 4.35. The Labute approximate surface area is 127 Å². The molecule has 7 heteroatoms. The highest BCUT2D eigenvalue weighted by molar-refractivity contribution is 7.09. The van der Waals surface area contributed by atoms with Gasteiger partial charge in [-0.15, -0.1) is 11.3 Å². The average Bonchev–Trinajstić information content (AvgIpc) is 2.97. The number of hydrogen-bond donors (Lipinski definition) is 1. The van der Waals surface area contributed by atoms with E-state index in [1.807, 2.05) is 11.4 Å². The second kappa shape index (κ2) is 7.42. The van der Waals surface area contributed by atoms with E-state index >= 15 is 0 Å². The van der Waals surface area contributed by atoms with Gasteiger partial charge in [0.25, 0.3) is 0 Å². The van der Waals surface area contributed by atoms with Crippen LogP contribution in [0.25, 0.3) is 0 Å². The van der Waals surface area contributed by atoms with Crippen LogP contribution in [0.2, 0.25) is 0 Å². The number of nitrogens with zero attached hydrogens (tertiary/aromatic N) is 2. The number of hydrogen-bond acceptors (Lipinski definition) is 4. The summed E-state index contributed by atoms with van der Waals surface area (Å²) in [5, 5.41) is 10.8. The number of ether oxygens (including phenoxy) is 1. The van der Waals surface area contributed by atoms with E-state index in [9.17, 15) is 9.59 Å². The number of carbonyl (C=O) groups is 2. The van der Waals surface area contributed by atoms with Crippen molar-refractivity contribution in [3.05, 3.63) is 22.4 Å². The van der Waals surface area contributed by atoms with Gasteiger partial charge in [0.1, 0.15) is 0 Å². The monoisotopic (exact) mass is 312 g/mol. The normalized spacial score (nSPS) is 18.5. The van der Waals surface area contributed by atoms with Gasteiger partial charge in [0, 0.05) is 31.6 Å². The molecule has 1 atom stereocenters. The number of thiophene rings is 1. The fourth-order valence-corrected chi connectivity index (χ4v) is 2.98. The van der Waals surface area contributed by atoms with Crippen molar-refractivity contribution in [2.24, 2.45) is 0 Å². The minimum absolute atomic E-state index is 0.0646. The summed E-state index contributed by atoms with van der Waals surface area (Å²) in [4.78, 5) is 27.7. The first kappa shape index (κ1) is 15.8. The fourth-order valence-electron chi connectivity index (χ4n) is 2.28. The molecular weight excluding hydrogens is 292 g/mol. The first-order valence-corrected chi connectivity index (χ1v) is 7.80. The Balaban J connectivity index is 1.82. The van der Waals surface area contributed by atoms with Gasteiger partial charge in [-0.05, 0) is 17.9 Å². The Morgan fingerprint density at radius 1 is 1.57 bits per heavy atom. The molecule has 0 saturated carbocycles. The van der Waals surface area contributed by atoms with Crippen LogP contribution in [0.4, 0.5) is 4.79 Å². The van der Waals surface area contributed by atoms with Crippen molar-refractivity contribution in [3.8, 4) is 0 Å². The molecule has 2 amide bonds. The molecule has 0 aromatic carbocycles.